The SMILES string of the molecule is C1=C(c2ccccc2)SSC(/C=C/c2ccccc2)(c2ccccc2)C1c1ccccc1. The molecule has 0 N–H and O–H groups in total. The van der Waals surface area contributed by atoms with Crippen LogP contribution in [0.3, 0.4) is 0 Å². The summed E-state index contributed by atoms with van der Waals surface area (Å²) in [6.07, 6.45) is 7.15. The lowest BCUT2D eigenvalue weighted by Crippen LogP contribution is -2.28. The van der Waals surface area contributed by atoms with Gasteiger partial charge >= 0.3 is 0 Å². The largest absolute Gasteiger partial charge is 0.0801 e. The highest BCUT2D eigenvalue weighted by atomic mass is 33.1. The molecule has 4 aromatic rings. The summed E-state index contributed by atoms with van der Waals surface area (Å²) in [6.45, 7) is 0. The van der Waals surface area contributed by atoms with Gasteiger partial charge in [-0.3, -0.25) is 0 Å². The highest BCUT2D eigenvalue weighted by Crippen LogP contribution is 2.62. The molecular weight excluding hydrogens is 424 g/mol. The molecule has 0 radical (unpaired) electrons. The van der Waals surface area contributed by atoms with Crippen LogP contribution in [0, 0.1) is 0 Å². The minimum Gasteiger partial charge on any atom is -0.0720 e. The second kappa shape index (κ2) is 9.68. The topological polar surface area (TPSA) is 0 Å². The standard InChI is InChI=1S/C30H24S2/c1-5-13-24(14-6-1)21-22-30(27-19-11-4-12-20-27)28(25-15-7-2-8-16-25)23-29(31-32-30)26-17-9-3-10-18-26/h1-23,28H/b22-21+. The van der Waals surface area contributed by atoms with Crippen molar-refractivity contribution < 1.29 is 0 Å². The molecule has 32 heavy (non-hydrogen) atoms. The van der Waals surface area contributed by atoms with Gasteiger partial charge in [-0.05, 0) is 22.3 Å². The van der Waals surface area contributed by atoms with Crippen molar-refractivity contribution in [2.24, 2.45) is 0 Å². The van der Waals surface area contributed by atoms with Gasteiger partial charge in [0.25, 0.3) is 0 Å². The van der Waals surface area contributed by atoms with E-state index in [1.54, 1.807) is 0 Å². The van der Waals surface area contributed by atoms with E-state index in [0.717, 1.165) is 0 Å². The molecule has 0 saturated carbocycles. The van der Waals surface area contributed by atoms with E-state index in [1.807, 2.05) is 21.6 Å². The summed E-state index contributed by atoms with van der Waals surface area (Å²) in [6, 6.07) is 43.2. The second-order valence-corrected chi connectivity index (χ2v) is 10.3. The third-order valence-electron chi connectivity index (χ3n) is 5.81. The lowest BCUT2D eigenvalue weighted by atomic mass is 9.79. The highest BCUT2D eigenvalue weighted by molar-refractivity contribution is 8.80. The Morgan fingerprint density at radius 3 is 1.84 bits per heavy atom. The fourth-order valence-electron chi connectivity index (χ4n) is 4.16. The van der Waals surface area contributed by atoms with E-state index < -0.39 is 0 Å². The van der Waals surface area contributed by atoms with Crippen molar-refractivity contribution in [1.29, 1.82) is 0 Å². The van der Waals surface area contributed by atoms with Crippen molar-refractivity contribution in [3.63, 3.8) is 0 Å². The summed E-state index contributed by atoms with van der Waals surface area (Å²) in [4.78, 5) is 1.32. The predicted molar refractivity (Wildman–Crippen MR) is 142 cm³/mol. The quantitative estimate of drug-likeness (QED) is 0.280. The van der Waals surface area contributed by atoms with Crippen molar-refractivity contribution in [2.45, 2.75) is 10.7 Å². The second-order valence-electron chi connectivity index (χ2n) is 7.86. The van der Waals surface area contributed by atoms with Crippen molar-refractivity contribution in [1.82, 2.24) is 0 Å². The number of rotatable bonds is 5. The molecule has 1 aliphatic rings. The first kappa shape index (κ1) is 20.9. The van der Waals surface area contributed by atoms with Crippen LogP contribution in [0.25, 0.3) is 11.0 Å². The maximum Gasteiger partial charge on any atom is 0.0801 e. The van der Waals surface area contributed by atoms with Gasteiger partial charge in [-0.25, -0.2) is 0 Å². The Kier molecular flexibility index (Phi) is 6.34. The molecule has 0 aromatic heterocycles. The average molecular weight is 449 g/mol. The Morgan fingerprint density at radius 2 is 1.19 bits per heavy atom. The van der Waals surface area contributed by atoms with Crippen LogP contribution in [0.2, 0.25) is 0 Å². The molecule has 2 heteroatoms. The van der Waals surface area contributed by atoms with Gasteiger partial charge in [0.05, 0.1) is 4.75 Å². The van der Waals surface area contributed by atoms with Gasteiger partial charge < -0.3 is 0 Å². The first-order chi connectivity index (χ1) is 15.9. The zero-order chi connectivity index (χ0) is 21.6. The molecule has 5 rings (SSSR count). The fourth-order valence-corrected chi connectivity index (χ4v) is 7.38. The molecule has 1 aliphatic heterocycles. The van der Waals surface area contributed by atoms with Gasteiger partial charge in [0.15, 0.2) is 0 Å². The van der Waals surface area contributed by atoms with E-state index in [2.05, 4.69) is 140 Å². The fraction of sp³-hybridized carbons (Fsp3) is 0.0667. The molecule has 1 heterocycles. The molecule has 2 atom stereocenters. The molecule has 0 fully saturated rings. The van der Waals surface area contributed by atoms with Crippen LogP contribution in [-0.2, 0) is 4.75 Å². The van der Waals surface area contributed by atoms with Gasteiger partial charge in [-0.2, -0.15) is 0 Å². The van der Waals surface area contributed by atoms with Gasteiger partial charge in [0.1, 0.15) is 0 Å². The molecule has 0 nitrogen and oxygen atoms in total. The summed E-state index contributed by atoms with van der Waals surface area (Å²) < 4.78 is -0.221. The Bertz CT molecular complexity index is 1200. The molecule has 0 aliphatic carbocycles. The van der Waals surface area contributed by atoms with E-state index >= 15 is 0 Å². The lowest BCUT2D eigenvalue weighted by Gasteiger charge is -2.40. The summed E-state index contributed by atoms with van der Waals surface area (Å²) in [7, 11) is 3.83. The minimum atomic E-state index is -0.221. The molecule has 0 saturated heterocycles. The number of allylic oxidation sites excluding steroid dienone is 1. The molecule has 0 amide bonds. The van der Waals surface area contributed by atoms with Crippen LogP contribution in [-0.4, -0.2) is 0 Å². The highest BCUT2D eigenvalue weighted by Gasteiger charge is 2.42. The lowest BCUT2D eigenvalue weighted by molar-refractivity contribution is 0.684. The molecule has 0 bridgehead atoms. The first-order valence-corrected chi connectivity index (χ1v) is 13.0. The van der Waals surface area contributed by atoms with E-state index in [0.29, 0.717) is 0 Å². The summed E-state index contributed by atoms with van der Waals surface area (Å²) in [5.74, 6) is 0.201. The molecule has 4 aromatic carbocycles. The Labute approximate surface area is 198 Å². The Hall–Kier alpha value is -2.94. The number of hydrogen-bond acceptors (Lipinski definition) is 2. The van der Waals surface area contributed by atoms with Crippen LogP contribution in [0.1, 0.15) is 28.2 Å². The monoisotopic (exact) mass is 448 g/mol. The van der Waals surface area contributed by atoms with Crippen LogP contribution in [0.15, 0.2) is 133 Å². The average Bonchev–Trinajstić information content (AvgIpc) is 2.89. The summed E-state index contributed by atoms with van der Waals surface area (Å²) in [5, 5.41) is 0. The molecule has 2 unspecified atom stereocenters. The smallest absolute Gasteiger partial charge is 0.0720 e. The van der Waals surface area contributed by atoms with E-state index in [9.17, 15) is 0 Å². The van der Waals surface area contributed by atoms with Crippen molar-refractivity contribution in [3.05, 3.63) is 156 Å². The molecule has 156 valence electrons. The van der Waals surface area contributed by atoms with Crippen molar-refractivity contribution in [2.75, 3.05) is 0 Å². The van der Waals surface area contributed by atoms with E-state index in [1.165, 1.54) is 27.2 Å². The maximum absolute atomic E-state index is 2.47. The van der Waals surface area contributed by atoms with Crippen molar-refractivity contribution in [3.8, 4) is 0 Å². The van der Waals surface area contributed by atoms with Crippen LogP contribution in [0.5, 0.6) is 0 Å². The van der Waals surface area contributed by atoms with Crippen LogP contribution in [0.4, 0.5) is 0 Å². The van der Waals surface area contributed by atoms with Crippen LogP contribution >= 0.6 is 21.6 Å². The zero-order valence-corrected chi connectivity index (χ0v) is 19.3. The normalized spacial score (nSPS) is 20.8. The van der Waals surface area contributed by atoms with Gasteiger partial charge in [0.2, 0.25) is 0 Å². The predicted octanol–water partition coefficient (Wildman–Crippen LogP) is 8.82. The van der Waals surface area contributed by atoms with Gasteiger partial charge in [-0.15, -0.1) is 0 Å². The molecular formula is C30H24S2. The van der Waals surface area contributed by atoms with Crippen LogP contribution < -0.4 is 0 Å². The Morgan fingerprint density at radius 1 is 0.625 bits per heavy atom. The molecule has 0 spiro atoms. The number of hydrogen-bond donors (Lipinski definition) is 0. The van der Waals surface area contributed by atoms with Crippen molar-refractivity contribution >= 4 is 32.6 Å². The van der Waals surface area contributed by atoms with Gasteiger partial charge in [-0.1, -0.05) is 161 Å². The van der Waals surface area contributed by atoms with E-state index in [4.69, 9.17) is 0 Å². The summed E-state index contributed by atoms with van der Waals surface area (Å²) in [5.41, 5.74) is 5.15. The Balaban J connectivity index is 1.69. The third-order valence-corrected chi connectivity index (χ3v) is 8.97. The minimum absolute atomic E-state index is 0.201. The summed E-state index contributed by atoms with van der Waals surface area (Å²) >= 11 is 0. The number of benzene rings is 4. The zero-order valence-electron chi connectivity index (χ0n) is 17.7. The first-order valence-electron chi connectivity index (χ1n) is 10.8. The van der Waals surface area contributed by atoms with E-state index in [-0.39, 0.29) is 10.7 Å². The van der Waals surface area contributed by atoms with Gasteiger partial charge in [0, 0.05) is 10.8 Å². The third kappa shape index (κ3) is 4.34. The maximum atomic E-state index is 2.47.